The lowest BCUT2D eigenvalue weighted by molar-refractivity contribution is 0.190. The topological polar surface area (TPSA) is 79.2 Å². The fraction of sp³-hybridized carbons (Fsp3) is 0.333. The second-order valence-electron chi connectivity index (χ2n) is 5.00. The number of benzene rings is 1. The number of carbonyl (C=O) groups excluding carboxylic acids is 1. The van der Waals surface area contributed by atoms with E-state index in [1.165, 1.54) is 0 Å². The number of nitrogens with zero attached hydrogens (tertiary/aromatic N) is 2. The Morgan fingerprint density at radius 2 is 2.10 bits per heavy atom. The zero-order valence-corrected chi connectivity index (χ0v) is 12.2. The molecule has 0 saturated carbocycles. The lowest BCUT2D eigenvalue weighted by Gasteiger charge is -2.11. The number of amides is 2. The van der Waals surface area contributed by atoms with Gasteiger partial charge in [0.1, 0.15) is 5.82 Å². The summed E-state index contributed by atoms with van der Waals surface area (Å²) in [7, 11) is 0. The molecule has 1 aromatic heterocycles. The predicted octanol–water partition coefficient (Wildman–Crippen LogP) is 1.74. The van der Waals surface area contributed by atoms with Crippen LogP contribution in [0.25, 0.3) is 0 Å². The molecule has 112 valence electrons. The molecule has 0 aliphatic heterocycles. The molecule has 1 heterocycles. The first kappa shape index (κ1) is 15.1. The molecule has 2 aromatic rings. The summed E-state index contributed by atoms with van der Waals surface area (Å²) >= 11 is 0. The van der Waals surface area contributed by atoms with E-state index in [2.05, 4.69) is 15.7 Å². The molecule has 0 aliphatic carbocycles. The minimum Gasteiger partial charge on any atom is -0.392 e. The molecular formula is C15H20N4O2. The summed E-state index contributed by atoms with van der Waals surface area (Å²) in [5.41, 5.74) is 1.93. The van der Waals surface area contributed by atoms with E-state index < -0.39 is 6.10 Å². The van der Waals surface area contributed by atoms with Gasteiger partial charge in [-0.1, -0.05) is 30.3 Å². The summed E-state index contributed by atoms with van der Waals surface area (Å²) in [5, 5.41) is 18.9. The summed E-state index contributed by atoms with van der Waals surface area (Å²) in [5.74, 6) is 0.624. The zero-order valence-electron chi connectivity index (χ0n) is 12.2. The Hall–Kier alpha value is -2.34. The maximum absolute atomic E-state index is 11.8. The number of aliphatic hydroxyl groups is 1. The van der Waals surface area contributed by atoms with Crippen molar-refractivity contribution in [1.82, 2.24) is 15.1 Å². The number of hydrogen-bond donors (Lipinski definition) is 3. The normalized spacial score (nSPS) is 12.0. The Kier molecular flexibility index (Phi) is 4.94. The Morgan fingerprint density at radius 3 is 2.76 bits per heavy atom. The van der Waals surface area contributed by atoms with Crippen LogP contribution >= 0.6 is 0 Å². The zero-order chi connectivity index (χ0) is 15.2. The number of rotatable bonds is 5. The van der Waals surface area contributed by atoms with Gasteiger partial charge in [-0.15, -0.1) is 0 Å². The van der Waals surface area contributed by atoms with Crippen LogP contribution in [0.15, 0.2) is 36.4 Å². The van der Waals surface area contributed by atoms with Crippen molar-refractivity contribution in [2.24, 2.45) is 0 Å². The van der Waals surface area contributed by atoms with Gasteiger partial charge in [0, 0.05) is 12.6 Å². The number of aryl methyl sites for hydroxylation is 1. The van der Waals surface area contributed by atoms with E-state index in [4.69, 9.17) is 5.11 Å². The average molecular weight is 288 g/mol. The number of urea groups is 1. The van der Waals surface area contributed by atoms with Crippen LogP contribution in [-0.2, 0) is 6.54 Å². The van der Waals surface area contributed by atoms with Gasteiger partial charge < -0.3 is 10.4 Å². The molecule has 0 aliphatic rings. The lowest BCUT2D eigenvalue weighted by Crippen LogP contribution is -2.34. The van der Waals surface area contributed by atoms with Crippen molar-refractivity contribution in [1.29, 1.82) is 0 Å². The molecule has 0 bridgehead atoms. The predicted molar refractivity (Wildman–Crippen MR) is 81.2 cm³/mol. The van der Waals surface area contributed by atoms with Crippen molar-refractivity contribution in [3.8, 4) is 0 Å². The fourth-order valence-corrected chi connectivity index (χ4v) is 1.92. The van der Waals surface area contributed by atoms with Crippen LogP contribution in [0.4, 0.5) is 10.6 Å². The number of carbonyl (C=O) groups is 1. The maximum atomic E-state index is 11.8. The molecule has 0 fully saturated rings. The minimum absolute atomic E-state index is 0.206. The highest BCUT2D eigenvalue weighted by atomic mass is 16.3. The van der Waals surface area contributed by atoms with Crippen LogP contribution < -0.4 is 10.6 Å². The van der Waals surface area contributed by atoms with Crippen molar-refractivity contribution in [2.75, 3.05) is 11.9 Å². The van der Waals surface area contributed by atoms with Gasteiger partial charge >= 0.3 is 6.03 Å². The molecule has 0 saturated heterocycles. The Labute approximate surface area is 123 Å². The average Bonchev–Trinajstić information content (AvgIpc) is 2.77. The standard InChI is InChI=1S/C15H20N4O2/c1-11-8-14(17-15(21)16-9-12(2)20)19(18-11)10-13-6-4-3-5-7-13/h3-8,12,20H,9-10H2,1-2H3,(H2,16,17,21). The first-order valence-electron chi connectivity index (χ1n) is 6.86. The van der Waals surface area contributed by atoms with E-state index in [0.717, 1.165) is 11.3 Å². The summed E-state index contributed by atoms with van der Waals surface area (Å²) < 4.78 is 1.74. The van der Waals surface area contributed by atoms with E-state index >= 15 is 0 Å². The van der Waals surface area contributed by atoms with Crippen molar-refractivity contribution >= 4 is 11.8 Å². The largest absolute Gasteiger partial charge is 0.392 e. The van der Waals surface area contributed by atoms with Crippen LogP contribution in [0.5, 0.6) is 0 Å². The van der Waals surface area contributed by atoms with Crippen LogP contribution in [-0.4, -0.2) is 33.6 Å². The van der Waals surface area contributed by atoms with E-state index in [-0.39, 0.29) is 12.6 Å². The lowest BCUT2D eigenvalue weighted by atomic mass is 10.2. The number of aliphatic hydroxyl groups excluding tert-OH is 1. The van der Waals surface area contributed by atoms with Crippen molar-refractivity contribution in [3.05, 3.63) is 47.7 Å². The van der Waals surface area contributed by atoms with Gasteiger partial charge in [0.2, 0.25) is 0 Å². The first-order chi connectivity index (χ1) is 10.0. The molecule has 1 atom stereocenters. The Morgan fingerprint density at radius 1 is 1.38 bits per heavy atom. The smallest absolute Gasteiger partial charge is 0.320 e. The van der Waals surface area contributed by atoms with Gasteiger partial charge in [-0.2, -0.15) is 5.10 Å². The molecule has 0 radical (unpaired) electrons. The molecule has 1 unspecified atom stereocenters. The van der Waals surface area contributed by atoms with Gasteiger partial charge in [-0.05, 0) is 19.4 Å². The van der Waals surface area contributed by atoms with Crippen LogP contribution in [0.3, 0.4) is 0 Å². The Bertz CT molecular complexity index is 593. The molecule has 2 rings (SSSR count). The van der Waals surface area contributed by atoms with Gasteiger partial charge in [0.05, 0.1) is 18.3 Å². The van der Waals surface area contributed by atoms with E-state index in [9.17, 15) is 4.79 Å². The number of aromatic nitrogens is 2. The third kappa shape index (κ3) is 4.61. The van der Waals surface area contributed by atoms with E-state index in [1.54, 1.807) is 11.6 Å². The van der Waals surface area contributed by atoms with Crippen LogP contribution in [0.2, 0.25) is 0 Å². The molecule has 3 N–H and O–H groups in total. The third-order valence-corrected chi connectivity index (χ3v) is 2.88. The second-order valence-corrected chi connectivity index (χ2v) is 5.00. The SMILES string of the molecule is Cc1cc(NC(=O)NCC(C)O)n(Cc2ccccc2)n1. The molecular weight excluding hydrogens is 268 g/mol. The fourth-order valence-electron chi connectivity index (χ4n) is 1.92. The maximum Gasteiger partial charge on any atom is 0.320 e. The summed E-state index contributed by atoms with van der Waals surface area (Å²) in [6.07, 6.45) is -0.577. The number of anilines is 1. The van der Waals surface area contributed by atoms with Crippen LogP contribution in [0, 0.1) is 6.92 Å². The minimum atomic E-state index is -0.577. The van der Waals surface area contributed by atoms with E-state index in [0.29, 0.717) is 12.4 Å². The molecule has 1 aromatic carbocycles. The molecule has 21 heavy (non-hydrogen) atoms. The third-order valence-electron chi connectivity index (χ3n) is 2.88. The number of hydrogen-bond acceptors (Lipinski definition) is 3. The monoisotopic (exact) mass is 288 g/mol. The van der Waals surface area contributed by atoms with Crippen molar-refractivity contribution in [3.63, 3.8) is 0 Å². The summed E-state index contributed by atoms with van der Waals surface area (Å²) in [4.78, 5) is 11.8. The molecule has 0 spiro atoms. The van der Waals surface area contributed by atoms with Gasteiger partial charge in [0.25, 0.3) is 0 Å². The summed E-state index contributed by atoms with van der Waals surface area (Å²) in [6, 6.07) is 11.4. The second kappa shape index (κ2) is 6.90. The highest BCUT2D eigenvalue weighted by molar-refractivity contribution is 5.88. The molecule has 2 amide bonds. The summed E-state index contributed by atoms with van der Waals surface area (Å²) in [6.45, 7) is 4.28. The molecule has 6 nitrogen and oxygen atoms in total. The van der Waals surface area contributed by atoms with Gasteiger partial charge in [0.15, 0.2) is 0 Å². The van der Waals surface area contributed by atoms with Crippen LogP contribution in [0.1, 0.15) is 18.2 Å². The van der Waals surface area contributed by atoms with Crippen molar-refractivity contribution < 1.29 is 9.90 Å². The highest BCUT2D eigenvalue weighted by Crippen LogP contribution is 2.12. The van der Waals surface area contributed by atoms with Gasteiger partial charge in [-0.3, -0.25) is 5.32 Å². The van der Waals surface area contributed by atoms with Crippen molar-refractivity contribution in [2.45, 2.75) is 26.5 Å². The quantitative estimate of drug-likeness (QED) is 0.784. The molecule has 6 heteroatoms. The Balaban J connectivity index is 2.05. The van der Waals surface area contributed by atoms with Gasteiger partial charge in [-0.25, -0.2) is 9.48 Å². The van der Waals surface area contributed by atoms with E-state index in [1.807, 2.05) is 43.3 Å². The highest BCUT2D eigenvalue weighted by Gasteiger charge is 2.10. The first-order valence-corrected chi connectivity index (χ1v) is 6.86. The number of nitrogens with one attached hydrogen (secondary N) is 2.